The monoisotopic (exact) mass is 337 g/mol. The first-order chi connectivity index (χ1) is 10.5. The number of hydrogen-bond donors (Lipinski definition) is 2. The van der Waals surface area contributed by atoms with E-state index in [9.17, 15) is 13.5 Å². The molecule has 0 aromatic heterocycles. The van der Waals surface area contributed by atoms with Crippen LogP contribution in [0.4, 0.5) is 0 Å². The number of rotatable bonds is 3. The number of benzene rings is 2. The summed E-state index contributed by atoms with van der Waals surface area (Å²) in [5.41, 5.74) is 0.696. The highest BCUT2D eigenvalue weighted by atomic mass is 35.5. The van der Waals surface area contributed by atoms with Gasteiger partial charge in [0.1, 0.15) is 10.8 Å². The van der Waals surface area contributed by atoms with E-state index in [1.165, 1.54) is 18.2 Å². The summed E-state index contributed by atoms with van der Waals surface area (Å²) in [4.78, 5) is 0.0964. The molecule has 116 valence electrons. The van der Waals surface area contributed by atoms with E-state index in [0.717, 1.165) is 19.5 Å². The second kappa shape index (κ2) is 5.91. The van der Waals surface area contributed by atoms with E-state index >= 15 is 0 Å². The van der Waals surface area contributed by atoms with Crippen molar-refractivity contribution in [2.45, 2.75) is 22.1 Å². The van der Waals surface area contributed by atoms with E-state index in [4.69, 9.17) is 11.6 Å². The van der Waals surface area contributed by atoms with E-state index in [0.29, 0.717) is 5.56 Å². The van der Waals surface area contributed by atoms with Crippen LogP contribution in [-0.2, 0) is 9.84 Å². The van der Waals surface area contributed by atoms with Gasteiger partial charge in [0, 0.05) is 12.5 Å². The highest BCUT2D eigenvalue weighted by Gasteiger charge is 2.27. The van der Waals surface area contributed by atoms with E-state index < -0.39 is 9.84 Å². The van der Waals surface area contributed by atoms with Gasteiger partial charge in [-0.3, -0.25) is 0 Å². The maximum absolute atomic E-state index is 12.6. The molecular formula is C16H16ClNO3S. The first kappa shape index (κ1) is 15.3. The second-order valence-electron chi connectivity index (χ2n) is 5.32. The maximum atomic E-state index is 12.6. The van der Waals surface area contributed by atoms with Crippen molar-refractivity contribution in [1.29, 1.82) is 0 Å². The predicted octanol–water partition coefficient (Wildman–Crippen LogP) is 2.96. The van der Waals surface area contributed by atoms with Gasteiger partial charge in [0.05, 0.1) is 9.79 Å². The Morgan fingerprint density at radius 3 is 2.50 bits per heavy atom. The quantitative estimate of drug-likeness (QED) is 0.903. The molecule has 2 aromatic rings. The number of phenolic OH excluding ortho intramolecular Hbond substituents is 1. The maximum Gasteiger partial charge on any atom is 0.208 e. The van der Waals surface area contributed by atoms with Crippen molar-refractivity contribution in [2.75, 3.05) is 13.1 Å². The summed E-state index contributed by atoms with van der Waals surface area (Å²) in [6.45, 7) is 1.64. The molecule has 22 heavy (non-hydrogen) atoms. The first-order valence-electron chi connectivity index (χ1n) is 7.04. The highest BCUT2D eigenvalue weighted by Crippen LogP contribution is 2.40. The van der Waals surface area contributed by atoms with Crippen molar-refractivity contribution in [3.05, 3.63) is 53.1 Å². The summed E-state index contributed by atoms with van der Waals surface area (Å²) in [5, 5.41) is 13.4. The molecule has 1 atom stereocenters. The van der Waals surface area contributed by atoms with Crippen LogP contribution in [0.3, 0.4) is 0 Å². The van der Waals surface area contributed by atoms with Crippen LogP contribution < -0.4 is 5.32 Å². The van der Waals surface area contributed by atoms with E-state index in [1.54, 1.807) is 24.3 Å². The van der Waals surface area contributed by atoms with Gasteiger partial charge in [-0.25, -0.2) is 8.42 Å². The lowest BCUT2D eigenvalue weighted by Crippen LogP contribution is -2.09. The summed E-state index contributed by atoms with van der Waals surface area (Å²) >= 11 is 6.16. The average molecular weight is 338 g/mol. The largest absolute Gasteiger partial charge is 0.506 e. The first-order valence-corrected chi connectivity index (χ1v) is 8.90. The Labute approximate surface area is 134 Å². The summed E-state index contributed by atoms with van der Waals surface area (Å²) in [5.74, 6) is 0.0263. The van der Waals surface area contributed by atoms with E-state index in [1.807, 2.05) is 0 Å². The molecule has 0 aliphatic carbocycles. The van der Waals surface area contributed by atoms with Crippen LogP contribution in [0.2, 0.25) is 5.02 Å². The lowest BCUT2D eigenvalue weighted by atomic mass is 9.97. The van der Waals surface area contributed by atoms with Gasteiger partial charge in [-0.1, -0.05) is 35.9 Å². The third-order valence-corrected chi connectivity index (χ3v) is 6.26. The van der Waals surface area contributed by atoms with Gasteiger partial charge in [-0.15, -0.1) is 0 Å². The molecule has 1 aliphatic rings. The molecule has 0 amide bonds. The van der Waals surface area contributed by atoms with Crippen LogP contribution in [0, 0.1) is 0 Å². The Morgan fingerprint density at radius 1 is 1.14 bits per heavy atom. The smallest absolute Gasteiger partial charge is 0.208 e. The molecule has 4 nitrogen and oxygen atoms in total. The Morgan fingerprint density at radius 2 is 1.86 bits per heavy atom. The number of nitrogens with one attached hydrogen (secondary N) is 1. The molecule has 1 heterocycles. The molecular weight excluding hydrogens is 322 g/mol. The summed E-state index contributed by atoms with van der Waals surface area (Å²) in [6, 6.07) is 11.2. The molecule has 0 spiro atoms. The molecule has 1 saturated heterocycles. The van der Waals surface area contributed by atoms with Gasteiger partial charge in [0.2, 0.25) is 9.84 Å². The number of phenols is 1. The lowest BCUT2D eigenvalue weighted by molar-refractivity contribution is 0.461. The second-order valence-corrected chi connectivity index (χ2v) is 7.62. The minimum atomic E-state index is -3.74. The normalized spacial score (nSPS) is 18.5. The molecule has 3 rings (SSSR count). The van der Waals surface area contributed by atoms with Gasteiger partial charge >= 0.3 is 0 Å². The number of halogens is 1. The van der Waals surface area contributed by atoms with Gasteiger partial charge in [0.25, 0.3) is 0 Å². The predicted molar refractivity (Wildman–Crippen MR) is 85.2 cm³/mol. The van der Waals surface area contributed by atoms with Gasteiger partial charge in [-0.2, -0.15) is 0 Å². The Balaban J connectivity index is 2.07. The average Bonchev–Trinajstić information content (AvgIpc) is 3.04. The van der Waals surface area contributed by atoms with Crippen LogP contribution >= 0.6 is 11.6 Å². The molecule has 0 bridgehead atoms. The van der Waals surface area contributed by atoms with Gasteiger partial charge in [0.15, 0.2) is 0 Å². The van der Waals surface area contributed by atoms with Crippen molar-refractivity contribution in [3.63, 3.8) is 0 Å². The van der Waals surface area contributed by atoms with E-state index in [-0.39, 0.29) is 26.5 Å². The summed E-state index contributed by atoms with van der Waals surface area (Å²) < 4.78 is 25.3. The molecule has 6 heteroatoms. The molecule has 1 aliphatic heterocycles. The van der Waals surface area contributed by atoms with Crippen LogP contribution in [0.15, 0.2) is 52.3 Å². The van der Waals surface area contributed by atoms with Crippen molar-refractivity contribution >= 4 is 21.4 Å². The lowest BCUT2D eigenvalue weighted by Gasteiger charge is -2.15. The zero-order valence-electron chi connectivity index (χ0n) is 11.8. The van der Waals surface area contributed by atoms with Crippen molar-refractivity contribution in [1.82, 2.24) is 5.32 Å². The number of sulfone groups is 1. The minimum absolute atomic E-state index is 0.0624. The zero-order chi connectivity index (χ0) is 15.7. The van der Waals surface area contributed by atoms with Crippen LogP contribution in [0.5, 0.6) is 5.75 Å². The number of aromatic hydroxyl groups is 1. The Bertz CT molecular complexity index is 785. The molecule has 1 unspecified atom stereocenters. The third-order valence-electron chi connectivity index (χ3n) is 3.96. The van der Waals surface area contributed by atoms with Crippen LogP contribution in [0.25, 0.3) is 0 Å². The topological polar surface area (TPSA) is 66.4 Å². The third kappa shape index (κ3) is 2.60. The Hall–Kier alpha value is -1.56. The van der Waals surface area contributed by atoms with E-state index in [2.05, 4.69) is 5.32 Å². The van der Waals surface area contributed by atoms with Gasteiger partial charge in [-0.05, 0) is 36.7 Å². The molecule has 0 radical (unpaired) electrons. The molecule has 0 saturated carbocycles. The van der Waals surface area contributed by atoms with Crippen molar-refractivity contribution in [3.8, 4) is 5.75 Å². The highest BCUT2D eigenvalue weighted by molar-refractivity contribution is 7.91. The number of hydrogen-bond acceptors (Lipinski definition) is 4. The summed E-state index contributed by atoms with van der Waals surface area (Å²) in [6.07, 6.45) is 0.897. The fourth-order valence-corrected chi connectivity index (χ4v) is 4.57. The van der Waals surface area contributed by atoms with Crippen molar-refractivity contribution < 1.29 is 13.5 Å². The van der Waals surface area contributed by atoms with Crippen LogP contribution in [0.1, 0.15) is 17.9 Å². The molecule has 1 fully saturated rings. The SMILES string of the molecule is O=S(=O)(c1ccccc1)c1ccc(C2CCNC2)c(O)c1Cl. The standard InChI is InChI=1S/C16H16ClNO3S/c17-15-14(22(20,21)12-4-2-1-3-5-12)7-6-13(16(15)19)11-8-9-18-10-11/h1-7,11,18-19H,8-10H2. The molecule has 2 N–H and O–H groups in total. The zero-order valence-corrected chi connectivity index (χ0v) is 13.4. The fraction of sp³-hybridized carbons (Fsp3) is 0.250. The summed E-state index contributed by atoms with van der Waals surface area (Å²) in [7, 11) is -3.74. The van der Waals surface area contributed by atoms with Gasteiger partial charge < -0.3 is 10.4 Å². The minimum Gasteiger partial charge on any atom is -0.506 e. The van der Waals surface area contributed by atoms with Crippen molar-refractivity contribution in [2.24, 2.45) is 0 Å². The fourth-order valence-electron chi connectivity index (χ4n) is 2.74. The van der Waals surface area contributed by atoms with Crippen LogP contribution in [-0.4, -0.2) is 26.6 Å². The Kier molecular flexibility index (Phi) is 4.12. The molecule has 2 aromatic carbocycles.